The first kappa shape index (κ1) is 10.0. The molecular formula is C13H16N2. The van der Waals surface area contributed by atoms with Crippen LogP contribution in [-0.4, -0.2) is 6.04 Å². The zero-order valence-corrected chi connectivity index (χ0v) is 9.03. The number of hydrogen-bond donors (Lipinski definition) is 1. The minimum atomic E-state index is 0.582. The lowest BCUT2D eigenvalue weighted by Crippen LogP contribution is -2.21. The summed E-state index contributed by atoms with van der Waals surface area (Å²) in [5.74, 6) is 0.746. The number of hydrogen-bond acceptors (Lipinski definition) is 2. The molecule has 0 aromatic heterocycles. The van der Waals surface area contributed by atoms with Crippen LogP contribution in [0.5, 0.6) is 0 Å². The van der Waals surface area contributed by atoms with Crippen LogP contribution in [0.25, 0.3) is 0 Å². The Balaban J connectivity index is 2.07. The number of nitrogens with zero attached hydrogens (tertiary/aromatic N) is 1. The standard InChI is InChI=1S/C13H16N2/c1-10-4-2-7-13(10)15-12-6-3-5-11(8-12)9-14/h3,5-6,8,10,13,15H,2,4,7H2,1H3/t10-,13+/m0/s1. The molecule has 0 saturated heterocycles. The zero-order valence-electron chi connectivity index (χ0n) is 9.03. The quantitative estimate of drug-likeness (QED) is 0.796. The van der Waals surface area contributed by atoms with Gasteiger partial charge in [-0.15, -0.1) is 0 Å². The lowest BCUT2D eigenvalue weighted by Gasteiger charge is -2.18. The van der Waals surface area contributed by atoms with Gasteiger partial charge in [0.1, 0.15) is 0 Å². The lowest BCUT2D eigenvalue weighted by molar-refractivity contribution is 0.556. The molecule has 0 amide bonds. The summed E-state index contributed by atoms with van der Waals surface area (Å²) in [6.45, 7) is 2.29. The first-order valence-electron chi connectivity index (χ1n) is 5.56. The molecule has 1 aromatic rings. The van der Waals surface area contributed by atoms with Crippen LogP contribution in [-0.2, 0) is 0 Å². The van der Waals surface area contributed by atoms with Crippen molar-refractivity contribution in [1.29, 1.82) is 5.26 Å². The number of nitriles is 1. The predicted molar refractivity (Wildman–Crippen MR) is 61.6 cm³/mol. The van der Waals surface area contributed by atoms with E-state index >= 15 is 0 Å². The van der Waals surface area contributed by atoms with Crippen LogP contribution in [0.2, 0.25) is 0 Å². The molecule has 0 unspecified atom stereocenters. The van der Waals surface area contributed by atoms with Crippen molar-refractivity contribution in [3.63, 3.8) is 0 Å². The molecule has 0 radical (unpaired) electrons. The Morgan fingerprint density at radius 3 is 2.93 bits per heavy atom. The highest BCUT2D eigenvalue weighted by Gasteiger charge is 2.22. The monoisotopic (exact) mass is 200 g/mol. The number of benzene rings is 1. The van der Waals surface area contributed by atoms with Gasteiger partial charge in [-0.2, -0.15) is 5.26 Å². The summed E-state index contributed by atoms with van der Waals surface area (Å²) >= 11 is 0. The summed E-state index contributed by atoms with van der Waals surface area (Å²) in [4.78, 5) is 0. The second-order valence-corrected chi connectivity index (χ2v) is 4.35. The third kappa shape index (κ3) is 2.30. The highest BCUT2D eigenvalue weighted by molar-refractivity contribution is 5.49. The molecule has 0 bridgehead atoms. The van der Waals surface area contributed by atoms with Crippen LogP contribution >= 0.6 is 0 Å². The molecule has 1 N–H and O–H groups in total. The molecular weight excluding hydrogens is 184 g/mol. The van der Waals surface area contributed by atoms with E-state index in [9.17, 15) is 0 Å². The molecule has 1 aliphatic rings. The molecule has 2 nitrogen and oxygen atoms in total. The van der Waals surface area contributed by atoms with Crippen LogP contribution in [0.15, 0.2) is 24.3 Å². The molecule has 78 valence electrons. The fourth-order valence-corrected chi connectivity index (χ4v) is 2.25. The van der Waals surface area contributed by atoms with Gasteiger partial charge in [0, 0.05) is 11.7 Å². The Morgan fingerprint density at radius 2 is 2.27 bits per heavy atom. The summed E-state index contributed by atoms with van der Waals surface area (Å²) in [5, 5.41) is 12.3. The van der Waals surface area contributed by atoms with E-state index in [1.807, 2.05) is 24.3 Å². The summed E-state index contributed by atoms with van der Waals surface area (Å²) in [6.07, 6.45) is 3.88. The molecule has 0 heterocycles. The molecule has 0 aliphatic heterocycles. The first-order valence-corrected chi connectivity index (χ1v) is 5.56. The van der Waals surface area contributed by atoms with Crippen molar-refractivity contribution in [2.75, 3.05) is 5.32 Å². The molecule has 1 aliphatic carbocycles. The summed E-state index contributed by atoms with van der Waals surface area (Å²) in [7, 11) is 0. The Labute approximate surface area is 90.9 Å². The summed E-state index contributed by atoms with van der Waals surface area (Å²) < 4.78 is 0. The molecule has 2 atom stereocenters. The van der Waals surface area contributed by atoms with E-state index in [4.69, 9.17) is 5.26 Å². The third-order valence-electron chi connectivity index (χ3n) is 3.21. The van der Waals surface area contributed by atoms with Crippen LogP contribution in [0.4, 0.5) is 5.69 Å². The van der Waals surface area contributed by atoms with Gasteiger partial charge in [-0.05, 0) is 37.0 Å². The minimum absolute atomic E-state index is 0.582. The second kappa shape index (κ2) is 4.35. The van der Waals surface area contributed by atoms with Crippen molar-refractivity contribution in [1.82, 2.24) is 0 Å². The molecule has 0 spiro atoms. The van der Waals surface area contributed by atoms with E-state index in [0.717, 1.165) is 17.2 Å². The minimum Gasteiger partial charge on any atom is -0.382 e. The molecule has 1 saturated carbocycles. The smallest absolute Gasteiger partial charge is 0.0992 e. The van der Waals surface area contributed by atoms with Gasteiger partial charge in [0.15, 0.2) is 0 Å². The molecule has 2 rings (SSSR count). The van der Waals surface area contributed by atoms with Gasteiger partial charge in [0.2, 0.25) is 0 Å². The van der Waals surface area contributed by atoms with Crippen molar-refractivity contribution >= 4 is 5.69 Å². The highest BCUT2D eigenvalue weighted by atomic mass is 14.9. The van der Waals surface area contributed by atoms with Gasteiger partial charge >= 0.3 is 0 Å². The van der Waals surface area contributed by atoms with E-state index in [2.05, 4.69) is 18.3 Å². The number of nitrogens with one attached hydrogen (secondary N) is 1. The van der Waals surface area contributed by atoms with Gasteiger partial charge in [-0.3, -0.25) is 0 Å². The lowest BCUT2D eigenvalue weighted by atomic mass is 10.1. The van der Waals surface area contributed by atoms with Crippen molar-refractivity contribution in [3.05, 3.63) is 29.8 Å². The van der Waals surface area contributed by atoms with Gasteiger partial charge in [0.25, 0.3) is 0 Å². The van der Waals surface area contributed by atoms with Crippen molar-refractivity contribution in [3.8, 4) is 6.07 Å². The van der Waals surface area contributed by atoms with E-state index in [1.165, 1.54) is 19.3 Å². The maximum absolute atomic E-state index is 8.80. The molecule has 1 aromatic carbocycles. The zero-order chi connectivity index (χ0) is 10.7. The average Bonchev–Trinajstić information content (AvgIpc) is 2.65. The fourth-order valence-electron chi connectivity index (χ4n) is 2.25. The van der Waals surface area contributed by atoms with Crippen LogP contribution in [0.3, 0.4) is 0 Å². The van der Waals surface area contributed by atoms with E-state index in [-0.39, 0.29) is 0 Å². The van der Waals surface area contributed by atoms with Crippen LogP contribution in [0.1, 0.15) is 31.7 Å². The van der Waals surface area contributed by atoms with Gasteiger partial charge < -0.3 is 5.32 Å². The van der Waals surface area contributed by atoms with Crippen molar-refractivity contribution < 1.29 is 0 Å². The maximum atomic E-state index is 8.80. The summed E-state index contributed by atoms with van der Waals surface area (Å²) in [6, 6.07) is 10.5. The Kier molecular flexibility index (Phi) is 2.91. The average molecular weight is 200 g/mol. The molecule has 15 heavy (non-hydrogen) atoms. The number of rotatable bonds is 2. The Morgan fingerprint density at radius 1 is 1.40 bits per heavy atom. The Bertz CT molecular complexity index is 378. The SMILES string of the molecule is C[C@H]1CCC[C@H]1Nc1cccc(C#N)c1. The highest BCUT2D eigenvalue weighted by Crippen LogP contribution is 2.28. The van der Waals surface area contributed by atoms with Gasteiger partial charge in [-0.25, -0.2) is 0 Å². The van der Waals surface area contributed by atoms with Crippen molar-refractivity contribution in [2.24, 2.45) is 5.92 Å². The second-order valence-electron chi connectivity index (χ2n) is 4.35. The van der Waals surface area contributed by atoms with E-state index in [1.54, 1.807) is 0 Å². The fraction of sp³-hybridized carbons (Fsp3) is 0.462. The molecule has 2 heteroatoms. The largest absolute Gasteiger partial charge is 0.382 e. The predicted octanol–water partition coefficient (Wildman–Crippen LogP) is 3.16. The van der Waals surface area contributed by atoms with Gasteiger partial charge in [-0.1, -0.05) is 19.4 Å². The normalized spacial score (nSPS) is 24.8. The van der Waals surface area contributed by atoms with Crippen LogP contribution < -0.4 is 5.32 Å². The van der Waals surface area contributed by atoms with Crippen molar-refractivity contribution in [2.45, 2.75) is 32.2 Å². The topological polar surface area (TPSA) is 35.8 Å². The van der Waals surface area contributed by atoms with Gasteiger partial charge in [0.05, 0.1) is 11.6 Å². The summed E-state index contributed by atoms with van der Waals surface area (Å²) in [5.41, 5.74) is 1.80. The first-order chi connectivity index (χ1) is 7.29. The maximum Gasteiger partial charge on any atom is 0.0992 e. The van der Waals surface area contributed by atoms with E-state index < -0.39 is 0 Å². The van der Waals surface area contributed by atoms with Crippen LogP contribution in [0, 0.1) is 17.2 Å². The Hall–Kier alpha value is -1.49. The third-order valence-corrected chi connectivity index (χ3v) is 3.21. The van der Waals surface area contributed by atoms with E-state index in [0.29, 0.717) is 6.04 Å². The number of anilines is 1. The molecule has 1 fully saturated rings.